The topological polar surface area (TPSA) is 75.7 Å². The van der Waals surface area contributed by atoms with Crippen LogP contribution in [0.15, 0.2) is 29.2 Å². The van der Waals surface area contributed by atoms with Crippen LogP contribution in [0.25, 0.3) is 0 Å². The molecule has 2 atom stereocenters. The molecule has 1 amide bonds. The van der Waals surface area contributed by atoms with Crippen LogP contribution in [0.5, 0.6) is 0 Å². The fourth-order valence-electron chi connectivity index (χ4n) is 3.40. The van der Waals surface area contributed by atoms with E-state index in [9.17, 15) is 13.2 Å². The highest BCUT2D eigenvalue weighted by Gasteiger charge is 2.33. The van der Waals surface area contributed by atoms with E-state index in [-0.39, 0.29) is 24.5 Å². The van der Waals surface area contributed by atoms with Crippen LogP contribution in [0.1, 0.15) is 31.2 Å². The highest BCUT2D eigenvalue weighted by Crippen LogP contribution is 2.24. The van der Waals surface area contributed by atoms with Gasteiger partial charge in [0.05, 0.1) is 16.9 Å². The third-order valence-electron chi connectivity index (χ3n) is 4.94. The normalized spacial score (nSPS) is 25.0. The molecule has 0 radical (unpaired) electrons. The number of piperidine rings is 1. The summed E-state index contributed by atoms with van der Waals surface area (Å²) in [5.74, 6) is -0.366. The summed E-state index contributed by atoms with van der Waals surface area (Å²) in [5, 5.41) is 2.93. The Hall–Kier alpha value is -1.44. The minimum absolute atomic E-state index is 0.0701. The molecule has 1 aromatic carbocycles. The van der Waals surface area contributed by atoms with Gasteiger partial charge in [-0.3, -0.25) is 4.79 Å². The van der Waals surface area contributed by atoms with Gasteiger partial charge < -0.3 is 10.1 Å². The Morgan fingerprint density at radius 2 is 2.00 bits per heavy atom. The van der Waals surface area contributed by atoms with Gasteiger partial charge in [0, 0.05) is 26.2 Å². The summed E-state index contributed by atoms with van der Waals surface area (Å²) in [6.07, 6.45) is 3.52. The van der Waals surface area contributed by atoms with E-state index in [0.29, 0.717) is 24.4 Å². The van der Waals surface area contributed by atoms with Crippen LogP contribution in [0.2, 0.25) is 0 Å². The van der Waals surface area contributed by atoms with Crippen molar-refractivity contribution in [1.29, 1.82) is 0 Å². The van der Waals surface area contributed by atoms with E-state index in [1.807, 2.05) is 6.92 Å². The van der Waals surface area contributed by atoms with E-state index < -0.39 is 10.0 Å². The third-order valence-corrected chi connectivity index (χ3v) is 6.82. The number of hydrogen-bond acceptors (Lipinski definition) is 4. The second-order valence-corrected chi connectivity index (χ2v) is 8.83. The van der Waals surface area contributed by atoms with Gasteiger partial charge >= 0.3 is 0 Å². The summed E-state index contributed by atoms with van der Waals surface area (Å²) in [4.78, 5) is 12.7. The molecule has 0 aliphatic carbocycles. The Labute approximate surface area is 149 Å². The number of rotatable bonds is 5. The first-order chi connectivity index (χ1) is 12.0. The molecule has 2 saturated heterocycles. The van der Waals surface area contributed by atoms with Crippen molar-refractivity contribution in [1.82, 2.24) is 9.62 Å². The van der Waals surface area contributed by atoms with Crippen molar-refractivity contribution in [2.24, 2.45) is 5.92 Å². The minimum atomic E-state index is -3.55. The molecule has 6 nitrogen and oxygen atoms in total. The van der Waals surface area contributed by atoms with Gasteiger partial charge in [0.25, 0.3) is 0 Å². The van der Waals surface area contributed by atoms with Gasteiger partial charge in [-0.15, -0.1) is 0 Å². The Bertz CT molecular complexity index is 696. The molecule has 0 spiro atoms. The molecule has 2 aliphatic heterocycles. The molecule has 2 heterocycles. The zero-order valence-corrected chi connectivity index (χ0v) is 15.4. The monoisotopic (exact) mass is 366 g/mol. The SMILES string of the molecule is Cc1ccc(S(=O)(=O)N2CCC[C@@H](C(=O)NC[C@@H]3CCCO3)C2)cc1. The number of aryl methyl sites for hydroxylation is 1. The molecular formula is C18H26N2O4S. The van der Waals surface area contributed by atoms with Crippen LogP contribution in [0, 0.1) is 12.8 Å². The van der Waals surface area contributed by atoms with Gasteiger partial charge in [-0.25, -0.2) is 8.42 Å². The number of benzene rings is 1. The van der Waals surface area contributed by atoms with Gasteiger partial charge in [-0.2, -0.15) is 4.31 Å². The number of hydrogen-bond donors (Lipinski definition) is 1. The fourth-order valence-corrected chi connectivity index (χ4v) is 4.92. The van der Waals surface area contributed by atoms with Crippen LogP contribution in [0.4, 0.5) is 0 Å². The average molecular weight is 366 g/mol. The van der Waals surface area contributed by atoms with Crippen molar-refractivity contribution in [3.8, 4) is 0 Å². The Kier molecular flexibility index (Phi) is 5.76. The lowest BCUT2D eigenvalue weighted by Gasteiger charge is -2.31. The first-order valence-electron chi connectivity index (χ1n) is 8.93. The molecule has 1 aromatic rings. The van der Waals surface area contributed by atoms with Crippen LogP contribution < -0.4 is 5.32 Å². The minimum Gasteiger partial charge on any atom is -0.376 e. The van der Waals surface area contributed by atoms with Gasteiger partial charge in [0.15, 0.2) is 0 Å². The molecule has 0 saturated carbocycles. The second-order valence-electron chi connectivity index (χ2n) is 6.90. The standard InChI is InChI=1S/C18H26N2O4S/c1-14-6-8-17(9-7-14)25(22,23)20-10-2-4-15(13-20)18(21)19-12-16-5-3-11-24-16/h6-9,15-16H,2-5,10-13H2,1H3,(H,19,21)/t15-,16+/m1/s1. The Morgan fingerprint density at radius 1 is 1.24 bits per heavy atom. The Balaban J connectivity index is 1.61. The molecular weight excluding hydrogens is 340 g/mol. The molecule has 138 valence electrons. The maximum atomic E-state index is 12.8. The summed E-state index contributed by atoms with van der Waals surface area (Å²) in [6.45, 7) is 3.90. The lowest BCUT2D eigenvalue weighted by Crippen LogP contribution is -2.46. The lowest BCUT2D eigenvalue weighted by molar-refractivity contribution is -0.126. The first-order valence-corrected chi connectivity index (χ1v) is 10.4. The summed E-state index contributed by atoms with van der Waals surface area (Å²) >= 11 is 0. The predicted molar refractivity (Wildman–Crippen MR) is 94.6 cm³/mol. The summed E-state index contributed by atoms with van der Waals surface area (Å²) in [5.41, 5.74) is 1.02. The summed E-state index contributed by atoms with van der Waals surface area (Å²) in [7, 11) is -3.55. The van der Waals surface area contributed by atoms with Crippen molar-refractivity contribution in [2.45, 2.75) is 43.6 Å². The number of nitrogens with one attached hydrogen (secondary N) is 1. The van der Waals surface area contributed by atoms with Crippen LogP contribution >= 0.6 is 0 Å². The fraction of sp³-hybridized carbons (Fsp3) is 0.611. The molecule has 2 fully saturated rings. The zero-order valence-electron chi connectivity index (χ0n) is 14.6. The summed E-state index contributed by atoms with van der Waals surface area (Å²) < 4.78 is 32.6. The molecule has 0 aromatic heterocycles. The van der Waals surface area contributed by atoms with Crippen LogP contribution in [-0.2, 0) is 19.6 Å². The molecule has 7 heteroatoms. The highest BCUT2D eigenvalue weighted by molar-refractivity contribution is 7.89. The molecule has 0 bridgehead atoms. The van der Waals surface area contributed by atoms with Crippen molar-refractivity contribution >= 4 is 15.9 Å². The molecule has 25 heavy (non-hydrogen) atoms. The third kappa shape index (κ3) is 4.40. The van der Waals surface area contributed by atoms with Crippen molar-refractivity contribution in [2.75, 3.05) is 26.2 Å². The van der Waals surface area contributed by atoms with Gasteiger partial charge in [0.2, 0.25) is 15.9 Å². The predicted octanol–water partition coefficient (Wildman–Crippen LogP) is 1.69. The quantitative estimate of drug-likeness (QED) is 0.860. The van der Waals surface area contributed by atoms with E-state index in [2.05, 4.69) is 5.32 Å². The van der Waals surface area contributed by atoms with E-state index >= 15 is 0 Å². The van der Waals surface area contributed by atoms with Crippen molar-refractivity contribution in [3.63, 3.8) is 0 Å². The van der Waals surface area contributed by atoms with Gasteiger partial charge in [0.1, 0.15) is 0 Å². The first kappa shape index (κ1) is 18.4. The average Bonchev–Trinajstić information content (AvgIpc) is 3.14. The second kappa shape index (κ2) is 7.85. The zero-order chi connectivity index (χ0) is 17.9. The van der Waals surface area contributed by atoms with E-state index in [1.54, 1.807) is 24.3 Å². The lowest BCUT2D eigenvalue weighted by atomic mass is 9.99. The molecule has 1 N–H and O–H groups in total. The number of carbonyl (C=O) groups is 1. The maximum Gasteiger partial charge on any atom is 0.243 e. The van der Waals surface area contributed by atoms with Crippen LogP contribution in [0.3, 0.4) is 0 Å². The number of sulfonamides is 1. The van der Waals surface area contributed by atoms with Crippen LogP contribution in [-0.4, -0.2) is 51.0 Å². The summed E-state index contributed by atoms with van der Waals surface area (Å²) in [6, 6.07) is 6.85. The molecule has 2 aliphatic rings. The molecule has 3 rings (SSSR count). The smallest absolute Gasteiger partial charge is 0.243 e. The largest absolute Gasteiger partial charge is 0.376 e. The van der Waals surface area contributed by atoms with E-state index in [0.717, 1.165) is 31.4 Å². The molecule has 0 unspecified atom stereocenters. The highest BCUT2D eigenvalue weighted by atomic mass is 32.2. The number of carbonyl (C=O) groups excluding carboxylic acids is 1. The van der Waals surface area contributed by atoms with Gasteiger partial charge in [-0.05, 0) is 44.7 Å². The Morgan fingerprint density at radius 3 is 2.68 bits per heavy atom. The maximum absolute atomic E-state index is 12.8. The van der Waals surface area contributed by atoms with E-state index in [1.165, 1.54) is 4.31 Å². The van der Waals surface area contributed by atoms with E-state index in [4.69, 9.17) is 4.74 Å². The number of amides is 1. The number of ether oxygens (including phenoxy) is 1. The van der Waals surface area contributed by atoms with Gasteiger partial charge in [-0.1, -0.05) is 17.7 Å². The van der Waals surface area contributed by atoms with Crippen molar-refractivity contribution < 1.29 is 17.9 Å². The van der Waals surface area contributed by atoms with Crippen molar-refractivity contribution in [3.05, 3.63) is 29.8 Å². The number of nitrogens with zero attached hydrogens (tertiary/aromatic N) is 1.